The van der Waals surface area contributed by atoms with E-state index in [1.54, 1.807) is 13.0 Å². The van der Waals surface area contributed by atoms with Crippen LogP contribution in [-0.2, 0) is 16.6 Å². The Balaban J connectivity index is 2.25. The number of nitrogens with zero attached hydrogens (tertiary/aromatic N) is 3. The molecule has 19 heavy (non-hydrogen) atoms. The number of sulfonamides is 1. The van der Waals surface area contributed by atoms with Crippen LogP contribution in [0, 0.1) is 0 Å². The van der Waals surface area contributed by atoms with Gasteiger partial charge in [-0.15, -0.1) is 21.5 Å². The van der Waals surface area contributed by atoms with Gasteiger partial charge in [0, 0.05) is 11.4 Å². The molecule has 0 bridgehead atoms. The van der Waals surface area contributed by atoms with Crippen LogP contribution in [0.1, 0.15) is 23.7 Å². The highest BCUT2D eigenvalue weighted by Crippen LogP contribution is 2.31. The van der Waals surface area contributed by atoms with Crippen LogP contribution in [0.3, 0.4) is 0 Å². The van der Waals surface area contributed by atoms with Gasteiger partial charge < -0.3 is 5.73 Å². The first-order chi connectivity index (χ1) is 8.94. The molecule has 0 spiro atoms. The van der Waals surface area contributed by atoms with Crippen molar-refractivity contribution < 1.29 is 8.42 Å². The Morgan fingerprint density at radius 1 is 1.63 bits per heavy atom. The quantitative estimate of drug-likeness (QED) is 0.707. The molecule has 1 unspecified atom stereocenters. The van der Waals surface area contributed by atoms with Gasteiger partial charge in [0.2, 0.25) is 10.0 Å². The van der Waals surface area contributed by atoms with Crippen LogP contribution in [0.4, 0.5) is 0 Å². The number of halogens is 1. The van der Waals surface area contributed by atoms with Crippen molar-refractivity contribution in [1.29, 1.82) is 0 Å². The lowest BCUT2D eigenvalue weighted by Crippen LogP contribution is -2.27. The minimum Gasteiger partial charge on any atom is -0.326 e. The fourth-order valence-corrected chi connectivity index (χ4v) is 5.15. The molecule has 0 aliphatic carbocycles. The summed E-state index contributed by atoms with van der Waals surface area (Å²) in [5, 5.41) is 13.1. The Morgan fingerprint density at radius 3 is 2.89 bits per heavy atom. The van der Waals surface area contributed by atoms with Gasteiger partial charge in [0.15, 0.2) is 5.82 Å². The first-order valence-electron chi connectivity index (χ1n) is 5.18. The second kappa shape index (κ2) is 5.63. The van der Waals surface area contributed by atoms with Crippen LogP contribution in [0.2, 0.25) is 0 Å². The molecule has 104 valence electrons. The summed E-state index contributed by atoms with van der Waals surface area (Å²) in [6.45, 7) is 1.92. The zero-order chi connectivity index (χ0) is 14.0. The predicted molar refractivity (Wildman–Crippen MR) is 72.8 cm³/mol. The van der Waals surface area contributed by atoms with Gasteiger partial charge in [-0.3, -0.25) is 0 Å². The van der Waals surface area contributed by atoms with E-state index in [-0.39, 0.29) is 10.7 Å². The second-order valence-electron chi connectivity index (χ2n) is 3.67. The van der Waals surface area contributed by atoms with Gasteiger partial charge in [-0.05, 0) is 28.9 Å². The van der Waals surface area contributed by atoms with E-state index in [0.717, 1.165) is 4.88 Å². The van der Waals surface area contributed by atoms with E-state index in [9.17, 15) is 8.42 Å². The maximum atomic E-state index is 12.2. The maximum absolute atomic E-state index is 12.2. The number of tetrazole rings is 1. The Bertz CT molecular complexity index is 653. The summed E-state index contributed by atoms with van der Waals surface area (Å²) in [7, 11) is -3.67. The standard InChI is InChI=1S/C8H11BrN6O2S2/c1-4(8-11-14-15-12-8)13-19(16,17)6-2-5(3-10)18-7(6)9/h2,4,13H,3,10H2,1H3,(H,11,12,14,15). The lowest BCUT2D eigenvalue weighted by Gasteiger charge is -2.09. The van der Waals surface area contributed by atoms with Crippen molar-refractivity contribution in [2.24, 2.45) is 5.73 Å². The number of thiophene rings is 1. The number of hydrogen-bond donors (Lipinski definition) is 3. The van der Waals surface area contributed by atoms with Crippen LogP contribution in [-0.4, -0.2) is 29.0 Å². The molecule has 2 aromatic heterocycles. The number of H-pyrrole nitrogens is 1. The van der Waals surface area contributed by atoms with E-state index in [1.165, 1.54) is 11.3 Å². The van der Waals surface area contributed by atoms with Gasteiger partial charge in [0.05, 0.1) is 9.83 Å². The summed E-state index contributed by atoms with van der Waals surface area (Å²) in [5.41, 5.74) is 5.50. The maximum Gasteiger partial charge on any atom is 0.243 e. The highest BCUT2D eigenvalue weighted by Gasteiger charge is 2.24. The van der Waals surface area contributed by atoms with Crippen LogP contribution >= 0.6 is 27.3 Å². The van der Waals surface area contributed by atoms with Gasteiger partial charge in [-0.1, -0.05) is 5.21 Å². The van der Waals surface area contributed by atoms with E-state index in [2.05, 4.69) is 41.3 Å². The van der Waals surface area contributed by atoms with Crippen molar-refractivity contribution in [3.05, 3.63) is 20.6 Å². The van der Waals surface area contributed by atoms with E-state index in [1.807, 2.05) is 0 Å². The Kier molecular flexibility index (Phi) is 4.30. The van der Waals surface area contributed by atoms with Crippen molar-refractivity contribution in [3.8, 4) is 0 Å². The van der Waals surface area contributed by atoms with Crippen molar-refractivity contribution in [3.63, 3.8) is 0 Å². The molecule has 1 atom stereocenters. The van der Waals surface area contributed by atoms with Gasteiger partial charge in [-0.2, -0.15) is 5.21 Å². The molecule has 0 saturated carbocycles. The highest BCUT2D eigenvalue weighted by atomic mass is 79.9. The van der Waals surface area contributed by atoms with E-state index in [4.69, 9.17) is 5.73 Å². The summed E-state index contributed by atoms with van der Waals surface area (Å²) in [4.78, 5) is 0.938. The molecule has 0 aliphatic rings. The number of nitrogens with one attached hydrogen (secondary N) is 2. The molecule has 0 aliphatic heterocycles. The number of rotatable bonds is 5. The Hall–Kier alpha value is -0.880. The largest absolute Gasteiger partial charge is 0.326 e. The SMILES string of the molecule is CC(NS(=O)(=O)c1cc(CN)sc1Br)c1nn[nH]n1. The van der Waals surface area contributed by atoms with Crippen molar-refractivity contribution in [1.82, 2.24) is 25.3 Å². The van der Waals surface area contributed by atoms with Gasteiger partial charge in [-0.25, -0.2) is 13.1 Å². The van der Waals surface area contributed by atoms with Gasteiger partial charge >= 0.3 is 0 Å². The lowest BCUT2D eigenvalue weighted by molar-refractivity contribution is 0.560. The fourth-order valence-electron chi connectivity index (χ4n) is 1.38. The lowest BCUT2D eigenvalue weighted by atomic mass is 10.4. The fraction of sp³-hybridized carbons (Fsp3) is 0.375. The molecule has 2 heterocycles. The van der Waals surface area contributed by atoms with Crippen molar-refractivity contribution in [2.45, 2.75) is 24.4 Å². The summed E-state index contributed by atoms with van der Waals surface area (Å²) < 4.78 is 27.4. The summed E-state index contributed by atoms with van der Waals surface area (Å²) in [6, 6.07) is 0.955. The van der Waals surface area contributed by atoms with E-state index >= 15 is 0 Å². The molecule has 0 saturated heterocycles. The van der Waals surface area contributed by atoms with Crippen molar-refractivity contribution in [2.75, 3.05) is 0 Å². The van der Waals surface area contributed by atoms with Crippen LogP contribution < -0.4 is 10.5 Å². The third-order valence-electron chi connectivity index (χ3n) is 2.28. The monoisotopic (exact) mass is 366 g/mol. The molecule has 11 heteroatoms. The zero-order valence-corrected chi connectivity index (χ0v) is 13.0. The molecule has 0 aromatic carbocycles. The normalized spacial score (nSPS) is 13.6. The zero-order valence-electron chi connectivity index (χ0n) is 9.79. The highest BCUT2D eigenvalue weighted by molar-refractivity contribution is 9.11. The number of hydrogen-bond acceptors (Lipinski definition) is 7. The van der Waals surface area contributed by atoms with Crippen LogP contribution in [0.15, 0.2) is 14.7 Å². The smallest absolute Gasteiger partial charge is 0.243 e. The molecule has 4 N–H and O–H groups in total. The van der Waals surface area contributed by atoms with E-state index < -0.39 is 16.1 Å². The second-order valence-corrected chi connectivity index (χ2v) is 7.80. The van der Waals surface area contributed by atoms with Gasteiger partial charge in [0.25, 0.3) is 0 Å². The first kappa shape index (κ1) is 14.5. The molecule has 2 rings (SSSR count). The van der Waals surface area contributed by atoms with Crippen molar-refractivity contribution >= 4 is 37.3 Å². The average molecular weight is 367 g/mol. The number of aromatic amines is 1. The molecule has 8 nitrogen and oxygen atoms in total. The Morgan fingerprint density at radius 2 is 2.37 bits per heavy atom. The minimum atomic E-state index is -3.67. The molecule has 0 radical (unpaired) electrons. The third-order valence-corrected chi connectivity index (χ3v) is 6.09. The third kappa shape index (κ3) is 3.17. The molecular formula is C8H11BrN6O2S2. The Labute approximate surface area is 122 Å². The summed E-state index contributed by atoms with van der Waals surface area (Å²) in [6.07, 6.45) is 0. The average Bonchev–Trinajstić information content (AvgIpc) is 2.96. The molecule has 0 fully saturated rings. The molecule has 2 aromatic rings. The van der Waals surface area contributed by atoms with E-state index in [0.29, 0.717) is 10.3 Å². The summed E-state index contributed by atoms with van der Waals surface area (Å²) in [5.74, 6) is 0.272. The van der Waals surface area contributed by atoms with Crippen LogP contribution in [0.5, 0.6) is 0 Å². The molecular weight excluding hydrogens is 356 g/mol. The topological polar surface area (TPSA) is 127 Å². The van der Waals surface area contributed by atoms with Gasteiger partial charge in [0.1, 0.15) is 4.90 Å². The first-order valence-corrected chi connectivity index (χ1v) is 8.27. The number of nitrogens with two attached hydrogens (primary N) is 1. The minimum absolute atomic E-state index is 0.160. The predicted octanol–water partition coefficient (Wildman–Crippen LogP) is 0.522. The summed E-state index contributed by atoms with van der Waals surface area (Å²) >= 11 is 4.51. The number of aromatic nitrogens is 4. The van der Waals surface area contributed by atoms with Crippen LogP contribution in [0.25, 0.3) is 0 Å². The molecule has 0 amide bonds.